The van der Waals surface area contributed by atoms with E-state index < -0.39 is 0 Å². The predicted octanol–water partition coefficient (Wildman–Crippen LogP) is 3.01. The van der Waals surface area contributed by atoms with Crippen LogP contribution in [-0.2, 0) is 4.74 Å². The van der Waals surface area contributed by atoms with Crippen LogP contribution >= 0.6 is 0 Å². The molecule has 1 saturated carbocycles. The van der Waals surface area contributed by atoms with Gasteiger partial charge in [0.25, 0.3) is 0 Å². The van der Waals surface area contributed by atoms with E-state index in [0.29, 0.717) is 6.42 Å². The summed E-state index contributed by atoms with van der Waals surface area (Å²) in [5.74, 6) is 1.08. The summed E-state index contributed by atoms with van der Waals surface area (Å²) in [5, 5.41) is 0. The third-order valence-electron chi connectivity index (χ3n) is 3.71. The second-order valence-corrected chi connectivity index (χ2v) is 5.71. The maximum Gasteiger partial charge on any atom is 0.162 e. The van der Waals surface area contributed by atoms with Crippen molar-refractivity contribution in [2.24, 2.45) is 5.92 Å². The molecule has 0 heterocycles. The van der Waals surface area contributed by atoms with Crippen molar-refractivity contribution in [3.8, 4) is 0 Å². The number of hydrogen-bond donors (Lipinski definition) is 0. The predicted molar refractivity (Wildman–Crippen MR) is 81.0 cm³/mol. The zero-order chi connectivity index (χ0) is 14.2. The molecule has 1 aromatic rings. The monoisotopic (exact) mass is 275 g/mol. The number of ether oxygens (including phenoxy) is 1. The highest BCUT2D eigenvalue weighted by Crippen LogP contribution is 2.28. The fraction of sp³-hybridized carbons (Fsp3) is 0.588. The summed E-state index contributed by atoms with van der Waals surface area (Å²) in [6, 6.07) is 9.54. The molecular weight excluding hydrogens is 250 g/mol. The first-order chi connectivity index (χ1) is 9.75. The van der Waals surface area contributed by atoms with Gasteiger partial charge in [0, 0.05) is 25.1 Å². The van der Waals surface area contributed by atoms with Crippen molar-refractivity contribution in [1.29, 1.82) is 0 Å². The third-order valence-corrected chi connectivity index (χ3v) is 3.71. The number of ketones is 1. The van der Waals surface area contributed by atoms with Gasteiger partial charge in [-0.1, -0.05) is 30.3 Å². The molecule has 3 heteroatoms. The molecule has 1 aromatic carbocycles. The van der Waals surface area contributed by atoms with E-state index in [1.807, 2.05) is 30.3 Å². The minimum atomic E-state index is 0.240. The van der Waals surface area contributed by atoms with Crippen LogP contribution < -0.4 is 0 Å². The highest BCUT2D eigenvalue weighted by molar-refractivity contribution is 5.95. The molecule has 2 rings (SSSR count). The van der Waals surface area contributed by atoms with Crippen LogP contribution in [0.3, 0.4) is 0 Å². The van der Waals surface area contributed by atoms with Crippen molar-refractivity contribution in [1.82, 2.24) is 4.90 Å². The number of rotatable bonds is 10. The van der Waals surface area contributed by atoms with Crippen molar-refractivity contribution in [3.05, 3.63) is 35.9 Å². The average Bonchev–Trinajstić information content (AvgIpc) is 3.28. The molecule has 1 aliphatic rings. The summed E-state index contributed by atoms with van der Waals surface area (Å²) >= 11 is 0. The summed E-state index contributed by atoms with van der Waals surface area (Å²) in [6.45, 7) is 3.64. The molecule has 1 aliphatic carbocycles. The van der Waals surface area contributed by atoms with Gasteiger partial charge < -0.3 is 9.64 Å². The number of carbonyl (C=O) groups is 1. The molecule has 3 nitrogen and oxygen atoms in total. The van der Waals surface area contributed by atoms with Crippen LogP contribution in [0.1, 0.15) is 36.0 Å². The van der Waals surface area contributed by atoms with E-state index in [4.69, 9.17) is 4.74 Å². The highest BCUT2D eigenvalue weighted by atomic mass is 16.5. The molecule has 0 spiro atoms. The first-order valence-electron chi connectivity index (χ1n) is 7.60. The molecule has 0 unspecified atom stereocenters. The normalized spacial score (nSPS) is 14.7. The van der Waals surface area contributed by atoms with E-state index >= 15 is 0 Å². The summed E-state index contributed by atoms with van der Waals surface area (Å²) < 4.78 is 5.62. The van der Waals surface area contributed by atoms with Gasteiger partial charge >= 0.3 is 0 Å². The lowest BCUT2D eigenvalue weighted by molar-refractivity contribution is 0.0955. The Labute approximate surface area is 121 Å². The van der Waals surface area contributed by atoms with E-state index in [2.05, 4.69) is 11.9 Å². The van der Waals surface area contributed by atoms with E-state index in [0.717, 1.165) is 44.2 Å². The molecular formula is C17H25NO2. The first-order valence-corrected chi connectivity index (χ1v) is 7.60. The molecule has 0 atom stereocenters. The Kier molecular flexibility index (Phi) is 6.22. The maximum atomic E-state index is 11.9. The molecule has 110 valence electrons. The summed E-state index contributed by atoms with van der Waals surface area (Å²) in [5.41, 5.74) is 0.822. The van der Waals surface area contributed by atoms with E-state index in [1.54, 1.807) is 0 Å². The second-order valence-electron chi connectivity index (χ2n) is 5.71. The van der Waals surface area contributed by atoms with Crippen molar-refractivity contribution < 1.29 is 9.53 Å². The largest absolute Gasteiger partial charge is 0.380 e. The summed E-state index contributed by atoms with van der Waals surface area (Å²) in [4.78, 5) is 14.2. The third kappa shape index (κ3) is 5.85. The van der Waals surface area contributed by atoms with E-state index in [-0.39, 0.29) is 5.78 Å². The van der Waals surface area contributed by atoms with Gasteiger partial charge in [-0.2, -0.15) is 0 Å². The van der Waals surface area contributed by atoms with Gasteiger partial charge in [0.1, 0.15) is 0 Å². The minimum Gasteiger partial charge on any atom is -0.380 e. The van der Waals surface area contributed by atoms with Crippen molar-refractivity contribution in [2.45, 2.75) is 25.7 Å². The van der Waals surface area contributed by atoms with Crippen LogP contribution in [0, 0.1) is 5.92 Å². The molecule has 0 saturated heterocycles. The number of likely N-dealkylation sites (N-methyl/N-ethyl adjacent to an activating group) is 1. The Bertz CT molecular complexity index is 401. The molecule has 1 fully saturated rings. The molecule has 0 aliphatic heterocycles. The summed E-state index contributed by atoms with van der Waals surface area (Å²) in [7, 11) is 2.09. The molecule has 0 N–H and O–H groups in total. The van der Waals surface area contributed by atoms with Crippen LogP contribution in [0.4, 0.5) is 0 Å². The van der Waals surface area contributed by atoms with Gasteiger partial charge in [-0.25, -0.2) is 0 Å². The molecule has 20 heavy (non-hydrogen) atoms. The lowest BCUT2D eigenvalue weighted by atomic mass is 10.1. The van der Waals surface area contributed by atoms with Gasteiger partial charge in [0.05, 0.1) is 6.61 Å². The minimum absolute atomic E-state index is 0.240. The lowest BCUT2D eigenvalue weighted by Crippen LogP contribution is -2.25. The number of benzene rings is 1. The topological polar surface area (TPSA) is 29.5 Å². The summed E-state index contributed by atoms with van der Waals surface area (Å²) in [6.07, 6.45) is 4.22. The van der Waals surface area contributed by atoms with Crippen molar-refractivity contribution in [2.75, 3.05) is 33.4 Å². The van der Waals surface area contributed by atoms with Gasteiger partial charge in [-0.3, -0.25) is 4.79 Å². The van der Waals surface area contributed by atoms with Gasteiger partial charge in [-0.05, 0) is 38.8 Å². The van der Waals surface area contributed by atoms with Crippen molar-refractivity contribution >= 4 is 5.78 Å². The fourth-order valence-electron chi connectivity index (χ4n) is 2.14. The Hall–Kier alpha value is -1.19. The van der Waals surface area contributed by atoms with Crippen LogP contribution in [0.5, 0.6) is 0 Å². The molecule has 0 radical (unpaired) electrons. The standard InChI is InChI=1S/C17H25NO2/c1-18(12-13-20-14-15-9-10-15)11-5-8-17(19)16-6-3-2-4-7-16/h2-4,6-7,15H,5,8-14H2,1H3. The number of Topliss-reactive ketones (excluding diaryl/α,β-unsaturated/α-hetero) is 1. The number of hydrogen-bond acceptors (Lipinski definition) is 3. The first kappa shape index (κ1) is 15.2. The molecule has 0 aromatic heterocycles. The second kappa shape index (κ2) is 8.18. The quantitative estimate of drug-likeness (QED) is 0.485. The average molecular weight is 275 g/mol. The van der Waals surface area contributed by atoms with Gasteiger partial charge in [0.2, 0.25) is 0 Å². The Morgan fingerprint density at radius 1 is 1.25 bits per heavy atom. The van der Waals surface area contributed by atoms with E-state index in [1.165, 1.54) is 12.8 Å². The van der Waals surface area contributed by atoms with Crippen molar-refractivity contribution in [3.63, 3.8) is 0 Å². The fourth-order valence-corrected chi connectivity index (χ4v) is 2.14. The van der Waals surface area contributed by atoms with Crippen LogP contribution in [-0.4, -0.2) is 44.0 Å². The smallest absolute Gasteiger partial charge is 0.162 e. The Balaban J connectivity index is 1.52. The lowest BCUT2D eigenvalue weighted by Gasteiger charge is -2.16. The zero-order valence-corrected chi connectivity index (χ0v) is 12.4. The maximum absolute atomic E-state index is 11.9. The highest BCUT2D eigenvalue weighted by Gasteiger charge is 2.20. The van der Waals surface area contributed by atoms with E-state index in [9.17, 15) is 4.79 Å². The molecule has 0 bridgehead atoms. The van der Waals surface area contributed by atoms with Crippen LogP contribution in [0.25, 0.3) is 0 Å². The molecule has 0 amide bonds. The van der Waals surface area contributed by atoms with Gasteiger partial charge in [0.15, 0.2) is 5.78 Å². The Morgan fingerprint density at radius 3 is 2.70 bits per heavy atom. The number of nitrogens with zero attached hydrogens (tertiary/aromatic N) is 1. The Morgan fingerprint density at radius 2 is 2.00 bits per heavy atom. The van der Waals surface area contributed by atoms with Crippen LogP contribution in [0.15, 0.2) is 30.3 Å². The van der Waals surface area contributed by atoms with Gasteiger partial charge in [-0.15, -0.1) is 0 Å². The zero-order valence-electron chi connectivity index (χ0n) is 12.4. The van der Waals surface area contributed by atoms with Crippen LogP contribution in [0.2, 0.25) is 0 Å². The SMILES string of the molecule is CN(CCCC(=O)c1ccccc1)CCOCC1CC1. The number of carbonyl (C=O) groups excluding carboxylic acids is 1.